The molecular weight excluding hydrogens is 360 g/mol. The summed E-state index contributed by atoms with van der Waals surface area (Å²) in [4.78, 5) is 31.0. The molecule has 0 aliphatic carbocycles. The van der Waals surface area contributed by atoms with Crippen molar-refractivity contribution in [1.29, 1.82) is 0 Å². The molecule has 1 aromatic heterocycles. The van der Waals surface area contributed by atoms with Crippen molar-refractivity contribution in [2.45, 2.75) is 13.0 Å². The summed E-state index contributed by atoms with van der Waals surface area (Å²) in [5.41, 5.74) is 1.89. The molecule has 1 unspecified atom stereocenters. The van der Waals surface area contributed by atoms with Gasteiger partial charge in [0.2, 0.25) is 0 Å². The largest absolute Gasteiger partial charge is 0.507 e. The van der Waals surface area contributed by atoms with E-state index in [1.54, 1.807) is 36.7 Å². The lowest BCUT2D eigenvalue weighted by molar-refractivity contribution is -0.140. The third-order valence-electron chi connectivity index (χ3n) is 4.69. The number of likely N-dealkylation sites (tertiary alicyclic amines) is 1. The van der Waals surface area contributed by atoms with Gasteiger partial charge in [-0.15, -0.1) is 0 Å². The lowest BCUT2D eigenvalue weighted by Crippen LogP contribution is -2.32. The minimum absolute atomic E-state index is 0.0120. The van der Waals surface area contributed by atoms with E-state index in [-0.39, 0.29) is 24.5 Å². The van der Waals surface area contributed by atoms with Crippen molar-refractivity contribution < 1.29 is 24.2 Å². The maximum Gasteiger partial charge on any atom is 0.295 e. The quantitative estimate of drug-likeness (QED) is 0.469. The molecule has 1 saturated heterocycles. The summed E-state index contributed by atoms with van der Waals surface area (Å²) in [6, 6.07) is 8.00. The van der Waals surface area contributed by atoms with E-state index in [4.69, 9.17) is 9.47 Å². The van der Waals surface area contributed by atoms with Gasteiger partial charge in [0.25, 0.3) is 11.7 Å². The molecule has 7 heteroatoms. The van der Waals surface area contributed by atoms with Crippen LogP contribution in [0.15, 0.2) is 48.3 Å². The zero-order chi connectivity index (χ0) is 20.3. The van der Waals surface area contributed by atoms with E-state index in [2.05, 4.69) is 4.98 Å². The van der Waals surface area contributed by atoms with Crippen LogP contribution in [0.5, 0.6) is 5.75 Å². The van der Waals surface area contributed by atoms with Gasteiger partial charge in [-0.1, -0.05) is 17.7 Å². The number of pyridine rings is 1. The number of aliphatic hydroxyl groups excluding tert-OH is 1. The van der Waals surface area contributed by atoms with E-state index in [0.29, 0.717) is 16.9 Å². The number of nitrogens with zero attached hydrogens (tertiary/aromatic N) is 2. The SMILES string of the molecule is COCCN1C(=O)C(=O)/C(=C(/O)c2cc(C)ccc2OC)C1c1cccnc1. The Morgan fingerprint density at radius 3 is 2.68 bits per heavy atom. The van der Waals surface area contributed by atoms with Crippen LogP contribution in [0.3, 0.4) is 0 Å². The first-order chi connectivity index (χ1) is 13.5. The fourth-order valence-corrected chi connectivity index (χ4v) is 3.34. The summed E-state index contributed by atoms with van der Waals surface area (Å²) >= 11 is 0. The normalized spacial score (nSPS) is 18.5. The first-order valence-electron chi connectivity index (χ1n) is 8.81. The number of methoxy groups -OCH3 is 2. The first-order valence-corrected chi connectivity index (χ1v) is 8.81. The van der Waals surface area contributed by atoms with Gasteiger partial charge in [0.05, 0.1) is 30.9 Å². The van der Waals surface area contributed by atoms with Crippen LogP contribution in [0.2, 0.25) is 0 Å². The first kappa shape index (κ1) is 19.6. The Hall–Kier alpha value is -3.19. The topological polar surface area (TPSA) is 89.0 Å². The summed E-state index contributed by atoms with van der Waals surface area (Å²) < 4.78 is 10.4. The lowest BCUT2D eigenvalue weighted by atomic mass is 9.95. The van der Waals surface area contributed by atoms with Crippen molar-refractivity contribution in [2.24, 2.45) is 0 Å². The zero-order valence-electron chi connectivity index (χ0n) is 16.0. The molecule has 1 N–H and O–H groups in total. The standard InChI is InChI=1S/C21H22N2O5/c1-13-6-7-16(28-3)15(11-13)19(24)17-18(14-5-4-8-22-12-14)23(9-10-27-2)21(26)20(17)25/h4-8,11-12,18,24H,9-10H2,1-3H3/b19-17+. The van der Waals surface area contributed by atoms with Crippen molar-refractivity contribution in [1.82, 2.24) is 9.88 Å². The van der Waals surface area contributed by atoms with E-state index >= 15 is 0 Å². The molecule has 7 nitrogen and oxygen atoms in total. The highest BCUT2D eigenvalue weighted by Crippen LogP contribution is 2.40. The molecule has 0 bridgehead atoms. The van der Waals surface area contributed by atoms with Crippen LogP contribution < -0.4 is 4.74 Å². The third-order valence-corrected chi connectivity index (χ3v) is 4.69. The summed E-state index contributed by atoms with van der Waals surface area (Å²) in [5, 5.41) is 11.1. The second-order valence-corrected chi connectivity index (χ2v) is 6.48. The van der Waals surface area contributed by atoms with Crippen LogP contribution in [0, 0.1) is 6.92 Å². The van der Waals surface area contributed by atoms with Gasteiger partial charge in [0, 0.05) is 26.0 Å². The van der Waals surface area contributed by atoms with Crippen molar-refractivity contribution in [2.75, 3.05) is 27.4 Å². The predicted octanol–water partition coefficient (Wildman–Crippen LogP) is 2.47. The van der Waals surface area contributed by atoms with Crippen molar-refractivity contribution >= 4 is 17.4 Å². The molecule has 1 aliphatic heterocycles. The molecule has 1 aliphatic rings. The molecule has 146 valence electrons. The zero-order valence-corrected chi connectivity index (χ0v) is 16.0. The molecular formula is C21H22N2O5. The van der Waals surface area contributed by atoms with Crippen LogP contribution in [-0.2, 0) is 14.3 Å². The highest BCUT2D eigenvalue weighted by molar-refractivity contribution is 6.46. The van der Waals surface area contributed by atoms with Crippen LogP contribution in [0.4, 0.5) is 0 Å². The van der Waals surface area contributed by atoms with Gasteiger partial charge in [-0.3, -0.25) is 14.6 Å². The second-order valence-electron chi connectivity index (χ2n) is 6.48. The Balaban J connectivity index is 2.21. The predicted molar refractivity (Wildman–Crippen MR) is 103 cm³/mol. The molecule has 1 amide bonds. The van der Waals surface area contributed by atoms with E-state index in [9.17, 15) is 14.7 Å². The number of aliphatic hydroxyl groups is 1. The van der Waals surface area contributed by atoms with Crippen molar-refractivity contribution in [3.63, 3.8) is 0 Å². The number of ether oxygens (including phenoxy) is 2. The summed E-state index contributed by atoms with van der Waals surface area (Å²) in [6.45, 7) is 2.34. The third kappa shape index (κ3) is 3.48. The van der Waals surface area contributed by atoms with Gasteiger partial charge in [0.15, 0.2) is 0 Å². The minimum Gasteiger partial charge on any atom is -0.507 e. The van der Waals surface area contributed by atoms with Gasteiger partial charge >= 0.3 is 0 Å². The van der Waals surface area contributed by atoms with E-state index < -0.39 is 17.7 Å². The van der Waals surface area contributed by atoms with Gasteiger partial charge < -0.3 is 19.5 Å². The highest BCUT2D eigenvalue weighted by Gasteiger charge is 2.46. The number of carbonyl (C=O) groups is 2. The number of hydrogen-bond donors (Lipinski definition) is 1. The smallest absolute Gasteiger partial charge is 0.295 e. The molecule has 3 rings (SSSR count). The second kappa shape index (κ2) is 8.22. The Labute approximate surface area is 163 Å². The molecule has 1 fully saturated rings. The molecule has 2 heterocycles. The van der Waals surface area contributed by atoms with Crippen molar-refractivity contribution in [3.8, 4) is 5.75 Å². The van der Waals surface area contributed by atoms with Gasteiger partial charge in [0.1, 0.15) is 11.5 Å². The number of amides is 1. The monoisotopic (exact) mass is 382 g/mol. The summed E-state index contributed by atoms with van der Waals surface area (Å²) in [7, 11) is 3.00. The number of aromatic nitrogens is 1. The number of benzene rings is 1. The van der Waals surface area contributed by atoms with E-state index in [1.807, 2.05) is 13.0 Å². The number of rotatable bonds is 6. The van der Waals surface area contributed by atoms with Crippen molar-refractivity contribution in [3.05, 3.63) is 65.0 Å². The lowest BCUT2D eigenvalue weighted by Gasteiger charge is -2.24. The fraction of sp³-hybridized carbons (Fsp3) is 0.286. The Morgan fingerprint density at radius 2 is 2.04 bits per heavy atom. The molecule has 2 aromatic rings. The van der Waals surface area contributed by atoms with E-state index in [1.165, 1.54) is 19.1 Å². The minimum atomic E-state index is -0.755. The van der Waals surface area contributed by atoms with Crippen LogP contribution in [0.25, 0.3) is 5.76 Å². The molecule has 0 saturated carbocycles. The highest BCUT2D eigenvalue weighted by atomic mass is 16.5. The fourth-order valence-electron chi connectivity index (χ4n) is 3.34. The molecule has 1 atom stereocenters. The number of aryl methyl sites for hydroxylation is 1. The van der Waals surface area contributed by atoms with Gasteiger partial charge in [-0.05, 0) is 30.7 Å². The maximum atomic E-state index is 12.9. The summed E-state index contributed by atoms with van der Waals surface area (Å²) in [5.74, 6) is -1.28. The van der Waals surface area contributed by atoms with E-state index in [0.717, 1.165) is 5.56 Å². The molecule has 0 radical (unpaired) electrons. The number of hydrogen-bond acceptors (Lipinski definition) is 6. The number of Topliss-reactive ketones (excluding diaryl/α,β-unsaturated/α-hetero) is 1. The Morgan fingerprint density at radius 1 is 1.25 bits per heavy atom. The van der Waals surface area contributed by atoms with Gasteiger partial charge in [-0.2, -0.15) is 0 Å². The Bertz CT molecular complexity index is 924. The number of carbonyl (C=O) groups excluding carboxylic acids is 2. The summed E-state index contributed by atoms with van der Waals surface area (Å²) in [6.07, 6.45) is 3.19. The Kier molecular flexibility index (Phi) is 5.75. The number of ketones is 1. The van der Waals surface area contributed by atoms with Crippen LogP contribution in [0.1, 0.15) is 22.7 Å². The van der Waals surface area contributed by atoms with Gasteiger partial charge in [-0.25, -0.2) is 0 Å². The molecule has 28 heavy (non-hydrogen) atoms. The average Bonchev–Trinajstić information content (AvgIpc) is 2.97. The molecule has 1 aromatic carbocycles. The van der Waals surface area contributed by atoms with Crippen LogP contribution >= 0.6 is 0 Å². The van der Waals surface area contributed by atoms with Crippen LogP contribution in [-0.4, -0.2) is 54.1 Å². The maximum absolute atomic E-state index is 12.9. The molecule has 0 spiro atoms. The average molecular weight is 382 g/mol.